The van der Waals surface area contributed by atoms with Crippen LogP contribution < -0.4 is 75.6 Å². The van der Waals surface area contributed by atoms with Gasteiger partial charge in [-0.3, -0.25) is 9.69 Å². The summed E-state index contributed by atoms with van der Waals surface area (Å²) in [6, 6.07) is 31.3. The zero-order chi connectivity index (χ0) is 34.2. The number of benzene rings is 4. The van der Waals surface area contributed by atoms with E-state index in [1.807, 2.05) is 71.3 Å². The summed E-state index contributed by atoms with van der Waals surface area (Å²) in [5.74, 6) is 0.715. The van der Waals surface area contributed by atoms with Gasteiger partial charge in [0.2, 0.25) is 0 Å². The van der Waals surface area contributed by atoms with Crippen LogP contribution in [0.4, 0.5) is 5.69 Å². The number of aromatic nitrogens is 1. The standard InChI is InChI=1S/C40H43N3O6.K/c1-47-36-16-9-8-15-34(36)42-25-23-41(24-26-42)22-20-35(29-11-4-3-5-12-29)49-37-19-18-30(27-38(37)48-2)40(46)32-28-43(21-10-17-39(44)45)33-14-7-6-13-31(32)33;/h3-9,11-16,18-19,27-28,35H,10,17,20-26H2,1-2H3,(H,44,45);/q;+1/p-1/t35-;/m0./s1. The van der Waals surface area contributed by atoms with E-state index in [0.717, 1.165) is 67.0 Å². The number of anilines is 1. The van der Waals surface area contributed by atoms with Crippen molar-refractivity contribution in [1.82, 2.24) is 9.47 Å². The number of para-hydroxylation sites is 3. The minimum Gasteiger partial charge on any atom is -0.550 e. The Bertz CT molecular complexity index is 1890. The van der Waals surface area contributed by atoms with Crippen molar-refractivity contribution in [3.63, 3.8) is 0 Å². The molecule has 0 amide bonds. The molecule has 50 heavy (non-hydrogen) atoms. The Morgan fingerprint density at radius 2 is 1.48 bits per heavy atom. The summed E-state index contributed by atoms with van der Waals surface area (Å²) in [5.41, 5.74) is 4.11. The molecule has 9 nitrogen and oxygen atoms in total. The largest absolute Gasteiger partial charge is 1.00 e. The van der Waals surface area contributed by atoms with Gasteiger partial charge < -0.3 is 33.6 Å². The van der Waals surface area contributed by atoms with Crippen LogP contribution in [0.15, 0.2) is 103 Å². The fraction of sp³-hybridized carbons (Fsp3) is 0.300. The monoisotopic (exact) mass is 699 g/mol. The fourth-order valence-electron chi connectivity index (χ4n) is 6.59. The van der Waals surface area contributed by atoms with Crippen molar-refractivity contribution in [3.8, 4) is 17.2 Å². The zero-order valence-electron chi connectivity index (χ0n) is 29.0. The van der Waals surface area contributed by atoms with Gasteiger partial charge in [-0.1, -0.05) is 60.7 Å². The number of piperazine rings is 1. The first-order chi connectivity index (χ1) is 23.9. The third-order valence-electron chi connectivity index (χ3n) is 9.19. The number of carboxylic acids is 1. The van der Waals surface area contributed by atoms with Gasteiger partial charge in [0.05, 0.1) is 19.9 Å². The molecule has 254 valence electrons. The molecule has 0 aliphatic carbocycles. The predicted molar refractivity (Wildman–Crippen MR) is 189 cm³/mol. The molecule has 2 heterocycles. The van der Waals surface area contributed by atoms with Crippen LogP contribution >= 0.6 is 0 Å². The number of aryl methyl sites for hydroxylation is 1. The van der Waals surface area contributed by atoms with E-state index < -0.39 is 5.97 Å². The summed E-state index contributed by atoms with van der Waals surface area (Å²) in [5, 5.41) is 11.8. The molecule has 0 spiro atoms. The Balaban J connectivity index is 0.00000486. The van der Waals surface area contributed by atoms with Crippen LogP contribution in [0.3, 0.4) is 0 Å². The van der Waals surface area contributed by atoms with E-state index in [-0.39, 0.29) is 69.7 Å². The summed E-state index contributed by atoms with van der Waals surface area (Å²) < 4.78 is 20.0. The van der Waals surface area contributed by atoms with E-state index in [1.54, 1.807) is 32.5 Å². The van der Waals surface area contributed by atoms with Crippen molar-refractivity contribution in [3.05, 3.63) is 120 Å². The summed E-state index contributed by atoms with van der Waals surface area (Å²) >= 11 is 0. The maximum atomic E-state index is 13.9. The van der Waals surface area contributed by atoms with Crippen LogP contribution in [-0.2, 0) is 11.3 Å². The average molecular weight is 700 g/mol. The minimum atomic E-state index is -1.08. The summed E-state index contributed by atoms with van der Waals surface area (Å²) in [6.45, 7) is 5.04. The molecule has 0 saturated carbocycles. The smallest absolute Gasteiger partial charge is 0.550 e. The molecule has 0 bridgehead atoms. The second-order valence-electron chi connectivity index (χ2n) is 12.2. The number of methoxy groups -OCH3 is 2. The molecule has 1 atom stereocenters. The minimum absolute atomic E-state index is 0. The number of rotatable bonds is 15. The molecular formula is C40H42KN3O6. The van der Waals surface area contributed by atoms with Gasteiger partial charge in [-0.05, 0) is 54.8 Å². The Kier molecular flexibility index (Phi) is 13.6. The van der Waals surface area contributed by atoms with Crippen LogP contribution in [0, 0.1) is 0 Å². The third kappa shape index (κ3) is 8.98. The summed E-state index contributed by atoms with van der Waals surface area (Å²) in [7, 11) is 3.30. The van der Waals surface area contributed by atoms with Gasteiger partial charge in [-0.15, -0.1) is 0 Å². The molecule has 0 unspecified atom stereocenters. The Morgan fingerprint density at radius 1 is 0.780 bits per heavy atom. The normalized spacial score (nSPS) is 13.8. The van der Waals surface area contributed by atoms with Crippen LogP contribution in [-0.4, -0.2) is 68.2 Å². The molecule has 1 saturated heterocycles. The number of nitrogens with zero attached hydrogens (tertiary/aromatic N) is 3. The second kappa shape index (κ2) is 18.0. The van der Waals surface area contributed by atoms with Gasteiger partial charge in [-0.2, -0.15) is 0 Å². The van der Waals surface area contributed by atoms with Crippen LogP contribution in [0.25, 0.3) is 10.9 Å². The molecular weight excluding hydrogens is 658 g/mol. The Morgan fingerprint density at radius 3 is 2.22 bits per heavy atom. The molecule has 1 fully saturated rings. The number of fused-ring (bicyclic) bond motifs is 1. The molecule has 1 aliphatic heterocycles. The van der Waals surface area contributed by atoms with E-state index in [4.69, 9.17) is 14.2 Å². The molecule has 5 aromatic rings. The van der Waals surface area contributed by atoms with Crippen molar-refractivity contribution in [2.24, 2.45) is 0 Å². The summed E-state index contributed by atoms with van der Waals surface area (Å²) in [4.78, 5) is 29.7. The van der Waals surface area contributed by atoms with Crippen molar-refractivity contribution in [2.75, 3.05) is 51.8 Å². The van der Waals surface area contributed by atoms with Gasteiger partial charge in [0, 0.05) is 79.9 Å². The Hall–Kier alpha value is -3.64. The van der Waals surface area contributed by atoms with E-state index in [0.29, 0.717) is 35.6 Å². The van der Waals surface area contributed by atoms with Gasteiger partial charge in [0.25, 0.3) is 0 Å². The zero-order valence-corrected chi connectivity index (χ0v) is 32.2. The number of hydrogen-bond acceptors (Lipinski definition) is 8. The first kappa shape index (κ1) is 37.6. The van der Waals surface area contributed by atoms with Crippen molar-refractivity contribution < 1.29 is 80.3 Å². The van der Waals surface area contributed by atoms with Crippen LogP contribution in [0.1, 0.15) is 46.9 Å². The number of ether oxygens (including phenoxy) is 3. The maximum Gasteiger partial charge on any atom is 1.00 e. The first-order valence-corrected chi connectivity index (χ1v) is 16.8. The topological polar surface area (TPSA) is 96.3 Å². The van der Waals surface area contributed by atoms with Crippen LogP contribution in [0.5, 0.6) is 17.2 Å². The van der Waals surface area contributed by atoms with E-state index >= 15 is 0 Å². The average Bonchev–Trinajstić information content (AvgIpc) is 3.51. The van der Waals surface area contributed by atoms with Crippen molar-refractivity contribution in [2.45, 2.75) is 31.9 Å². The van der Waals surface area contributed by atoms with Gasteiger partial charge >= 0.3 is 51.4 Å². The van der Waals surface area contributed by atoms with E-state index in [2.05, 4.69) is 28.0 Å². The molecule has 0 radical (unpaired) electrons. The number of ketones is 1. The number of carbonyl (C=O) groups is 2. The predicted octanol–water partition coefficient (Wildman–Crippen LogP) is 2.76. The molecule has 0 N–H and O–H groups in total. The summed E-state index contributed by atoms with van der Waals surface area (Å²) in [6.07, 6.45) is 2.73. The second-order valence-corrected chi connectivity index (χ2v) is 12.2. The molecule has 1 aromatic heterocycles. The van der Waals surface area contributed by atoms with Crippen molar-refractivity contribution in [1.29, 1.82) is 0 Å². The molecule has 6 rings (SSSR count). The van der Waals surface area contributed by atoms with Gasteiger partial charge in [0.1, 0.15) is 11.9 Å². The maximum absolute atomic E-state index is 13.9. The van der Waals surface area contributed by atoms with Crippen molar-refractivity contribution >= 4 is 28.3 Å². The SMILES string of the molecule is COc1cc(C(=O)c2cn(CCCC(=O)[O-])c3ccccc23)ccc1O[C@@H](CCN1CCN(c2ccccc2OC)CC1)c1ccccc1.[K+]. The van der Waals surface area contributed by atoms with Gasteiger partial charge in [0.15, 0.2) is 17.3 Å². The number of carbonyl (C=O) groups excluding carboxylic acids is 2. The van der Waals surface area contributed by atoms with E-state index in [1.165, 1.54) is 0 Å². The number of carboxylic acid groups (broad SMARTS) is 1. The van der Waals surface area contributed by atoms with Crippen LogP contribution in [0.2, 0.25) is 0 Å². The molecule has 1 aliphatic rings. The number of aliphatic carboxylic acids is 1. The molecule has 4 aromatic carbocycles. The molecule has 10 heteroatoms. The van der Waals surface area contributed by atoms with E-state index in [9.17, 15) is 14.7 Å². The first-order valence-electron chi connectivity index (χ1n) is 16.8. The number of hydrogen-bond donors (Lipinski definition) is 0. The Labute approximate surface area is 336 Å². The third-order valence-corrected chi connectivity index (χ3v) is 9.19. The van der Waals surface area contributed by atoms with Gasteiger partial charge in [-0.25, -0.2) is 0 Å². The fourth-order valence-corrected chi connectivity index (χ4v) is 6.59. The quantitative estimate of drug-likeness (QED) is 0.122.